The molecule has 0 bridgehead atoms. The molecule has 11 rings (SSSR count). The number of aliphatic hydroxyl groups excluding tert-OH is 2. The Hall–Kier alpha value is -11.3. The van der Waals surface area contributed by atoms with Crippen LogP contribution in [0.25, 0.3) is 32.3 Å². The standard InChI is InChI=1S/C27H28ClF2N5O5.C26H29ClF2N6O5.C23H21ClF2N4O4/c1-17(36)35(32-15-19-3-2-4-23(30)26(19)28)22(13-25(37)34-7-9-39-10-8-34)16-40-27(38)33-24-12-20-11-21(29)6-5-18(20)14-31-24;1-15(37)35(33-11-17-3-2-4-22(29)25(17)27)21(9-24(38)32-12-20(30)13-36)14-40-26(39)34-23-8-18-7-19(28)6-5-16(18)10-31-23;24-21-14(2-1-3-17(21)26)11-28-22(32)30-7-6-19(31)18(30)12-34-23(33)29-20-9-15-8-16(25)5-4-13(15)10-27-20/h2-6,11-12,14,22,32H,7-10,13,15-16H2,1H3,(H,31,33,38);2-8,10,20-21,33,36H,9,11-14,30H2,1H3,(H,32,38)(H,31,34,39);1-5,8-10,18-19,31H,6-7,11-12H2,(H,28,32)(H,27,29,33)/t22-;20-,21+;18-,19+/m011/s1. The van der Waals surface area contributed by atoms with Gasteiger partial charge in [-0.15, -0.1) is 0 Å². The van der Waals surface area contributed by atoms with Crippen LogP contribution in [0.15, 0.2) is 146 Å². The van der Waals surface area contributed by atoms with Crippen LogP contribution in [-0.4, -0.2) is 189 Å². The predicted octanol–water partition coefficient (Wildman–Crippen LogP) is 10.4. The Morgan fingerprint density at radius 3 is 1.39 bits per heavy atom. The molecule has 2 fully saturated rings. The maximum atomic E-state index is 13.9. The van der Waals surface area contributed by atoms with Crippen LogP contribution in [0.1, 0.15) is 49.8 Å². The number of carbonyl (C=O) groups is 8. The number of likely N-dealkylation sites (tertiary alicyclic amines) is 1. The summed E-state index contributed by atoms with van der Waals surface area (Å²) in [7, 11) is 0. The van der Waals surface area contributed by atoms with E-state index in [0.717, 1.165) is 5.01 Å². The molecule has 11 N–H and O–H groups in total. The number of morpholine rings is 1. The molecule has 29 nitrogen and oxygen atoms in total. The van der Waals surface area contributed by atoms with Crippen molar-refractivity contribution in [1.82, 2.24) is 56.3 Å². The van der Waals surface area contributed by atoms with Crippen LogP contribution in [0.2, 0.25) is 15.1 Å². The van der Waals surface area contributed by atoms with Crippen LogP contribution in [0, 0.1) is 34.9 Å². The number of rotatable bonds is 26. The average Bonchev–Trinajstić information content (AvgIpc) is 1.78. The number of urea groups is 1. The van der Waals surface area contributed by atoms with Crippen molar-refractivity contribution in [1.29, 1.82) is 0 Å². The number of halogens is 9. The van der Waals surface area contributed by atoms with Gasteiger partial charge in [-0.05, 0) is 130 Å². The second-order valence-electron chi connectivity index (χ2n) is 25.7. The monoisotopic (exact) mass is 1640 g/mol. The Kier molecular flexibility index (Phi) is 32.0. The molecule has 2 saturated heterocycles. The topological polar surface area (TPSA) is 376 Å². The Balaban J connectivity index is 0.000000197. The minimum atomic E-state index is -1.01. The Labute approximate surface area is 662 Å². The molecule has 0 radical (unpaired) electrons. The number of anilines is 3. The number of ether oxygens (including phenoxy) is 4. The second-order valence-corrected chi connectivity index (χ2v) is 26.8. The zero-order valence-corrected chi connectivity index (χ0v) is 63.2. The van der Waals surface area contributed by atoms with Crippen molar-refractivity contribution in [3.8, 4) is 0 Å². The second kappa shape index (κ2) is 42.0. The number of nitrogens with two attached hydrogens (primary N) is 1. The van der Waals surface area contributed by atoms with Crippen molar-refractivity contribution < 1.29 is 93.9 Å². The van der Waals surface area contributed by atoms with Gasteiger partial charge in [0.25, 0.3) is 0 Å². The molecule has 0 aliphatic carbocycles. The molecule has 6 aromatic carbocycles. The van der Waals surface area contributed by atoms with Crippen LogP contribution < -0.4 is 43.2 Å². The van der Waals surface area contributed by atoms with E-state index >= 15 is 0 Å². The maximum Gasteiger partial charge on any atom is 0.412 e. The van der Waals surface area contributed by atoms with Crippen LogP contribution in [0.5, 0.6) is 0 Å². The first-order valence-corrected chi connectivity index (χ1v) is 36.3. The molecule has 5 heterocycles. The lowest BCUT2D eigenvalue weighted by atomic mass is 10.1. The van der Waals surface area contributed by atoms with E-state index in [2.05, 4.69) is 52.4 Å². The molecule has 114 heavy (non-hydrogen) atoms. The van der Waals surface area contributed by atoms with Crippen molar-refractivity contribution in [2.24, 2.45) is 5.73 Å². The molecular formula is C76H78Cl3F6N15O14. The summed E-state index contributed by atoms with van der Waals surface area (Å²) in [6.45, 7) is 2.80. The zero-order chi connectivity index (χ0) is 82.1. The van der Waals surface area contributed by atoms with Gasteiger partial charge < -0.3 is 55.3 Å². The van der Waals surface area contributed by atoms with E-state index in [1.165, 1.54) is 133 Å². The number of carbonyl (C=O) groups excluding carboxylic acids is 8. The SMILES string of the molecule is CC(=O)N(NCc1cccc(F)c1Cl)[C@H](COC(=O)Nc1cc2cc(F)ccc2cn1)CC(=O)N1CCOCC1.CC(=O)N(NCc1cccc(F)c1Cl)[C@H](COC(=O)Nc1cc2cc(F)ccc2cn1)CC(=O)NC[C@@H](N)CO.O=C(Nc1cc2cc(F)ccc2cn1)OC[C@@H]1[C@@H](O)CCN1C(=O)NCc1cccc(F)c1Cl. The van der Waals surface area contributed by atoms with Crippen LogP contribution in [0.4, 0.5) is 63.0 Å². The first-order valence-electron chi connectivity index (χ1n) is 35.1. The summed E-state index contributed by atoms with van der Waals surface area (Å²) in [5.41, 5.74) is 12.5. The van der Waals surface area contributed by atoms with Gasteiger partial charge in [0.1, 0.15) is 72.2 Å². The summed E-state index contributed by atoms with van der Waals surface area (Å²) in [6.07, 6.45) is 0.695. The summed E-state index contributed by atoms with van der Waals surface area (Å²) in [4.78, 5) is 116. The number of pyridine rings is 3. The Morgan fingerprint density at radius 1 is 0.553 bits per heavy atom. The van der Waals surface area contributed by atoms with Gasteiger partial charge in [-0.3, -0.25) is 45.1 Å². The van der Waals surface area contributed by atoms with Gasteiger partial charge in [0.2, 0.25) is 23.6 Å². The molecule has 3 aromatic heterocycles. The summed E-state index contributed by atoms with van der Waals surface area (Å²) in [5, 5.41) is 37.5. The highest BCUT2D eigenvalue weighted by molar-refractivity contribution is 6.32. The summed E-state index contributed by atoms with van der Waals surface area (Å²) >= 11 is 18.0. The van der Waals surface area contributed by atoms with Gasteiger partial charge in [0, 0.05) is 100 Å². The molecule has 2 aliphatic heterocycles. The van der Waals surface area contributed by atoms with Crippen molar-refractivity contribution in [3.05, 3.63) is 213 Å². The van der Waals surface area contributed by atoms with E-state index in [-0.39, 0.29) is 104 Å². The summed E-state index contributed by atoms with van der Waals surface area (Å²) < 4.78 is 103. The first-order chi connectivity index (χ1) is 54.6. The predicted molar refractivity (Wildman–Crippen MR) is 409 cm³/mol. The van der Waals surface area contributed by atoms with Gasteiger partial charge in [0.15, 0.2) is 0 Å². The largest absolute Gasteiger partial charge is 0.447 e. The number of hydrazine groups is 2. The highest BCUT2D eigenvalue weighted by atomic mass is 35.5. The van der Waals surface area contributed by atoms with Gasteiger partial charge in [-0.25, -0.2) is 71.3 Å². The van der Waals surface area contributed by atoms with Crippen molar-refractivity contribution in [3.63, 3.8) is 0 Å². The number of aliphatic hydroxyl groups is 2. The third kappa shape index (κ3) is 25.4. The molecule has 0 unspecified atom stereocenters. The van der Waals surface area contributed by atoms with Crippen molar-refractivity contribution in [2.45, 2.75) is 83.0 Å². The van der Waals surface area contributed by atoms with E-state index in [9.17, 15) is 69.8 Å². The van der Waals surface area contributed by atoms with Crippen molar-refractivity contribution in [2.75, 3.05) is 81.8 Å². The lowest BCUT2D eigenvalue weighted by molar-refractivity contribution is -0.142. The molecule has 5 atom stereocenters. The van der Waals surface area contributed by atoms with Crippen LogP contribution in [-0.2, 0) is 57.8 Å². The smallest absolute Gasteiger partial charge is 0.412 e. The minimum absolute atomic E-state index is 0.00961. The Morgan fingerprint density at radius 2 is 0.965 bits per heavy atom. The summed E-state index contributed by atoms with van der Waals surface area (Å²) in [6, 6.07) is 25.8. The number of fused-ring (bicyclic) bond motifs is 3. The number of nitrogens with one attached hydrogen (secondary N) is 7. The highest BCUT2D eigenvalue weighted by Crippen LogP contribution is 2.27. The Bertz CT molecular complexity index is 4940. The third-order valence-electron chi connectivity index (χ3n) is 17.5. The van der Waals surface area contributed by atoms with Gasteiger partial charge in [-0.1, -0.05) is 71.2 Å². The number of nitrogens with zero attached hydrogens (tertiary/aromatic N) is 7. The van der Waals surface area contributed by atoms with Crippen LogP contribution >= 0.6 is 34.8 Å². The average molecular weight is 1650 g/mol. The number of amides is 9. The lowest BCUT2D eigenvalue weighted by Gasteiger charge is -2.33. The van der Waals surface area contributed by atoms with Gasteiger partial charge in [0.05, 0.1) is 72.0 Å². The molecular weight excluding hydrogens is 1570 g/mol. The molecule has 0 saturated carbocycles. The normalized spacial score (nSPS) is 14.5. The number of hydrogen-bond donors (Lipinski definition) is 10. The molecule has 0 spiro atoms. The third-order valence-corrected chi connectivity index (χ3v) is 18.8. The number of benzene rings is 6. The maximum absolute atomic E-state index is 13.9. The fraction of sp³-hybridized carbons (Fsp3) is 0.303. The van der Waals surface area contributed by atoms with E-state index in [1.54, 1.807) is 41.3 Å². The molecule has 2 aliphatic rings. The van der Waals surface area contributed by atoms with E-state index in [4.69, 9.17) is 64.6 Å². The first kappa shape index (κ1) is 86.7. The number of hydrogen-bond acceptors (Lipinski definition) is 20. The molecule has 604 valence electrons. The van der Waals surface area contributed by atoms with Crippen molar-refractivity contribution >= 4 is 133 Å². The van der Waals surface area contributed by atoms with Crippen LogP contribution in [0.3, 0.4) is 0 Å². The van der Waals surface area contributed by atoms with E-state index in [0.29, 0.717) is 81.7 Å². The quantitative estimate of drug-likeness (QED) is 0.0137. The van der Waals surface area contributed by atoms with Gasteiger partial charge >= 0.3 is 24.3 Å². The van der Waals surface area contributed by atoms with E-state index in [1.807, 2.05) is 0 Å². The zero-order valence-electron chi connectivity index (χ0n) is 61.0. The highest BCUT2D eigenvalue weighted by Gasteiger charge is 2.38. The fourth-order valence-corrected chi connectivity index (χ4v) is 12.2. The summed E-state index contributed by atoms with van der Waals surface area (Å²) in [5.74, 6) is -4.54. The molecule has 9 aromatic rings. The molecule has 38 heteroatoms. The fourth-order valence-electron chi connectivity index (χ4n) is 11.6. The lowest BCUT2D eigenvalue weighted by Crippen LogP contribution is -2.53. The molecule has 9 amide bonds. The number of aromatic nitrogens is 3. The van der Waals surface area contributed by atoms with Gasteiger partial charge in [-0.2, -0.15) is 0 Å². The minimum Gasteiger partial charge on any atom is -0.447 e. The van der Waals surface area contributed by atoms with E-state index < -0.39 is 114 Å².